The van der Waals surface area contributed by atoms with Gasteiger partial charge in [0.05, 0.1) is 13.2 Å². The SMILES string of the molecule is COc1cccc(NC(=S)[C@@H](C#N)C(=O)N2CCC(C)CC2)c1. The number of carbonyl (C=O) groups excluding carboxylic acids is 1. The molecule has 1 amide bonds. The Balaban J connectivity index is 2.03. The average molecular weight is 331 g/mol. The van der Waals surface area contributed by atoms with Gasteiger partial charge in [-0.15, -0.1) is 0 Å². The second kappa shape index (κ2) is 7.93. The quantitative estimate of drug-likeness (QED) is 0.860. The van der Waals surface area contributed by atoms with E-state index >= 15 is 0 Å². The normalized spacial score (nSPS) is 16.3. The van der Waals surface area contributed by atoms with E-state index in [-0.39, 0.29) is 10.9 Å². The fourth-order valence-electron chi connectivity index (χ4n) is 2.55. The first-order chi connectivity index (χ1) is 11.0. The van der Waals surface area contributed by atoms with Gasteiger partial charge in [0.15, 0.2) is 5.92 Å². The molecule has 5 nitrogen and oxygen atoms in total. The van der Waals surface area contributed by atoms with Crippen molar-refractivity contribution in [3.63, 3.8) is 0 Å². The van der Waals surface area contributed by atoms with E-state index in [9.17, 15) is 10.1 Å². The number of nitrogens with one attached hydrogen (secondary N) is 1. The molecule has 0 unspecified atom stereocenters. The molecule has 23 heavy (non-hydrogen) atoms. The van der Waals surface area contributed by atoms with E-state index in [4.69, 9.17) is 17.0 Å². The molecule has 0 saturated carbocycles. The van der Waals surface area contributed by atoms with Gasteiger partial charge in [-0.2, -0.15) is 5.26 Å². The topological polar surface area (TPSA) is 65.4 Å². The summed E-state index contributed by atoms with van der Waals surface area (Å²) in [5, 5.41) is 12.4. The highest BCUT2D eigenvalue weighted by atomic mass is 32.1. The Morgan fingerprint density at radius 1 is 1.48 bits per heavy atom. The Morgan fingerprint density at radius 2 is 2.17 bits per heavy atom. The smallest absolute Gasteiger partial charge is 0.246 e. The number of likely N-dealkylation sites (tertiary alicyclic amines) is 1. The zero-order valence-electron chi connectivity index (χ0n) is 13.4. The van der Waals surface area contributed by atoms with Crippen molar-refractivity contribution in [3.05, 3.63) is 24.3 Å². The minimum Gasteiger partial charge on any atom is -0.497 e. The average Bonchev–Trinajstić information content (AvgIpc) is 2.56. The molecule has 1 saturated heterocycles. The molecule has 0 bridgehead atoms. The van der Waals surface area contributed by atoms with Crippen LogP contribution in [-0.4, -0.2) is 36.0 Å². The Kier molecular flexibility index (Phi) is 5.94. The number of carbonyl (C=O) groups is 1. The van der Waals surface area contributed by atoms with Gasteiger partial charge >= 0.3 is 0 Å². The number of hydrogen-bond acceptors (Lipinski definition) is 4. The van der Waals surface area contributed by atoms with E-state index in [1.54, 1.807) is 18.1 Å². The van der Waals surface area contributed by atoms with Crippen molar-refractivity contribution in [1.82, 2.24) is 4.90 Å². The van der Waals surface area contributed by atoms with Gasteiger partial charge in [-0.05, 0) is 30.9 Å². The van der Waals surface area contributed by atoms with Crippen LogP contribution in [0.3, 0.4) is 0 Å². The van der Waals surface area contributed by atoms with Crippen molar-refractivity contribution in [3.8, 4) is 11.8 Å². The van der Waals surface area contributed by atoms with E-state index in [1.807, 2.05) is 24.3 Å². The van der Waals surface area contributed by atoms with Gasteiger partial charge in [0.25, 0.3) is 0 Å². The predicted molar refractivity (Wildman–Crippen MR) is 93.3 cm³/mol. The van der Waals surface area contributed by atoms with E-state index in [1.165, 1.54) is 0 Å². The van der Waals surface area contributed by atoms with Crippen LogP contribution in [-0.2, 0) is 4.79 Å². The van der Waals surface area contributed by atoms with Crippen molar-refractivity contribution in [1.29, 1.82) is 5.26 Å². The first-order valence-electron chi connectivity index (χ1n) is 7.68. The maximum atomic E-state index is 12.5. The third kappa shape index (κ3) is 4.42. The number of anilines is 1. The lowest BCUT2D eigenvalue weighted by atomic mass is 9.98. The van der Waals surface area contributed by atoms with Crippen molar-refractivity contribution < 1.29 is 9.53 Å². The number of methoxy groups -OCH3 is 1. The molecule has 1 aliphatic rings. The van der Waals surface area contributed by atoms with E-state index in [0.717, 1.165) is 12.8 Å². The summed E-state index contributed by atoms with van der Waals surface area (Å²) in [6.07, 6.45) is 1.94. The van der Waals surface area contributed by atoms with Gasteiger partial charge in [0.1, 0.15) is 10.7 Å². The summed E-state index contributed by atoms with van der Waals surface area (Å²) < 4.78 is 5.15. The molecule has 0 radical (unpaired) electrons. The van der Waals surface area contributed by atoms with Crippen molar-refractivity contribution in [2.45, 2.75) is 19.8 Å². The third-order valence-corrected chi connectivity index (χ3v) is 4.41. The van der Waals surface area contributed by atoms with Gasteiger partial charge < -0.3 is 15.0 Å². The summed E-state index contributed by atoms with van der Waals surface area (Å²) in [5.74, 6) is 0.147. The lowest BCUT2D eigenvalue weighted by Gasteiger charge is -2.31. The number of ether oxygens (including phenoxy) is 1. The maximum absolute atomic E-state index is 12.5. The molecule has 1 aromatic rings. The fraction of sp³-hybridized carbons (Fsp3) is 0.471. The Bertz CT molecular complexity index is 619. The molecule has 0 spiro atoms. The van der Waals surface area contributed by atoms with Crippen LogP contribution in [0.4, 0.5) is 5.69 Å². The number of nitrogens with zero attached hydrogens (tertiary/aromatic N) is 2. The van der Waals surface area contributed by atoms with Crippen LogP contribution in [0.25, 0.3) is 0 Å². The molecule has 1 heterocycles. The second-order valence-electron chi connectivity index (χ2n) is 5.79. The monoisotopic (exact) mass is 331 g/mol. The molecule has 6 heteroatoms. The van der Waals surface area contributed by atoms with Gasteiger partial charge in [0, 0.05) is 24.8 Å². The largest absolute Gasteiger partial charge is 0.497 e. The molecular weight excluding hydrogens is 310 g/mol. The molecule has 0 aromatic heterocycles. The highest BCUT2D eigenvalue weighted by molar-refractivity contribution is 7.80. The molecule has 1 fully saturated rings. The van der Waals surface area contributed by atoms with Crippen LogP contribution in [0, 0.1) is 23.2 Å². The van der Waals surface area contributed by atoms with Crippen LogP contribution in [0.5, 0.6) is 5.75 Å². The number of hydrogen-bond donors (Lipinski definition) is 1. The number of benzene rings is 1. The third-order valence-electron chi connectivity index (χ3n) is 4.07. The zero-order valence-corrected chi connectivity index (χ0v) is 14.2. The molecule has 1 atom stereocenters. The minimum atomic E-state index is -0.954. The summed E-state index contributed by atoms with van der Waals surface area (Å²) in [6.45, 7) is 3.57. The highest BCUT2D eigenvalue weighted by Crippen LogP contribution is 2.20. The summed E-state index contributed by atoms with van der Waals surface area (Å²) in [7, 11) is 1.58. The molecule has 1 aliphatic heterocycles. The summed E-state index contributed by atoms with van der Waals surface area (Å²) in [6, 6.07) is 9.25. The number of piperidine rings is 1. The summed E-state index contributed by atoms with van der Waals surface area (Å²) >= 11 is 5.28. The Labute approximate surface area is 142 Å². The lowest BCUT2D eigenvalue weighted by Crippen LogP contribution is -2.44. The molecular formula is C17H21N3O2S. The van der Waals surface area contributed by atoms with Crippen LogP contribution in [0.1, 0.15) is 19.8 Å². The number of thiocarbonyl (C=S) groups is 1. The Morgan fingerprint density at radius 3 is 2.78 bits per heavy atom. The van der Waals surface area contributed by atoms with Crippen molar-refractivity contribution >= 4 is 28.8 Å². The van der Waals surface area contributed by atoms with E-state index in [0.29, 0.717) is 30.4 Å². The zero-order chi connectivity index (χ0) is 16.8. The fourth-order valence-corrected chi connectivity index (χ4v) is 2.82. The van der Waals surface area contributed by atoms with Crippen LogP contribution in [0.2, 0.25) is 0 Å². The summed E-state index contributed by atoms with van der Waals surface area (Å²) in [5.41, 5.74) is 0.703. The lowest BCUT2D eigenvalue weighted by molar-refractivity contribution is -0.133. The highest BCUT2D eigenvalue weighted by Gasteiger charge is 2.30. The molecule has 1 N–H and O–H groups in total. The van der Waals surface area contributed by atoms with Crippen molar-refractivity contribution in [2.24, 2.45) is 11.8 Å². The number of amides is 1. The van der Waals surface area contributed by atoms with Gasteiger partial charge in [-0.3, -0.25) is 4.79 Å². The van der Waals surface area contributed by atoms with Gasteiger partial charge in [-0.1, -0.05) is 25.2 Å². The Hall–Kier alpha value is -2.13. The first kappa shape index (κ1) is 17.2. The van der Waals surface area contributed by atoms with Gasteiger partial charge in [-0.25, -0.2) is 0 Å². The van der Waals surface area contributed by atoms with E-state index in [2.05, 4.69) is 12.2 Å². The molecule has 1 aromatic carbocycles. The van der Waals surface area contributed by atoms with Gasteiger partial charge in [0.2, 0.25) is 5.91 Å². The van der Waals surface area contributed by atoms with Crippen molar-refractivity contribution in [2.75, 3.05) is 25.5 Å². The maximum Gasteiger partial charge on any atom is 0.246 e. The molecule has 122 valence electrons. The molecule has 2 rings (SSSR count). The second-order valence-corrected chi connectivity index (χ2v) is 6.23. The summed E-state index contributed by atoms with van der Waals surface area (Å²) in [4.78, 5) is 14.5. The minimum absolute atomic E-state index is 0.209. The first-order valence-corrected chi connectivity index (χ1v) is 8.09. The predicted octanol–water partition coefficient (Wildman–Crippen LogP) is 2.83. The molecule has 0 aliphatic carbocycles. The van der Waals surface area contributed by atoms with Crippen LogP contribution < -0.4 is 10.1 Å². The standard InChI is InChI=1S/C17H21N3O2S/c1-12-6-8-20(9-7-12)17(21)15(11-18)16(23)19-13-4-3-5-14(10-13)22-2/h3-5,10,12,15H,6-9H2,1-2H3,(H,19,23)/t15-/m1/s1. The van der Waals surface area contributed by atoms with Crippen LogP contribution in [0.15, 0.2) is 24.3 Å². The number of nitriles is 1. The van der Waals surface area contributed by atoms with E-state index < -0.39 is 5.92 Å². The number of rotatable bonds is 4. The van der Waals surface area contributed by atoms with Crippen LogP contribution >= 0.6 is 12.2 Å².